The zero-order valence-electron chi connectivity index (χ0n) is 62.2. The van der Waals surface area contributed by atoms with Crippen molar-refractivity contribution in [1.29, 1.82) is 0 Å². The van der Waals surface area contributed by atoms with Crippen LogP contribution in [-0.4, -0.2) is 167 Å². The number of fused-ring (bicyclic) bond motifs is 4. The fourth-order valence-electron chi connectivity index (χ4n) is 11.0. The second-order valence-electron chi connectivity index (χ2n) is 24.1. The summed E-state index contributed by atoms with van der Waals surface area (Å²) < 4.78 is 66.3. The minimum Gasteiger partial charge on any atom is -0.508 e. The van der Waals surface area contributed by atoms with Gasteiger partial charge in [0.05, 0.1) is 100 Å². The van der Waals surface area contributed by atoms with Crippen LogP contribution >= 0.6 is 11.6 Å². The van der Waals surface area contributed by atoms with E-state index in [1.54, 1.807) is 56.7 Å². The molecule has 6 N–H and O–H groups in total. The van der Waals surface area contributed by atoms with Crippen LogP contribution in [0.3, 0.4) is 0 Å². The number of halogens is 1. The van der Waals surface area contributed by atoms with Gasteiger partial charge in [-0.1, -0.05) is 0 Å². The number of carbonyl (C=O) groups is 2. The number of nitrogens with one attached hydrogen (secondary N) is 2. The van der Waals surface area contributed by atoms with Crippen LogP contribution in [0.1, 0.15) is 91.4 Å². The molecule has 2 fully saturated rings. The molecule has 14 rings (SSSR count). The van der Waals surface area contributed by atoms with Gasteiger partial charge in [0.2, 0.25) is 0 Å². The van der Waals surface area contributed by atoms with Crippen molar-refractivity contribution < 1.29 is 90.8 Å². The molecule has 32 heteroatoms. The summed E-state index contributed by atoms with van der Waals surface area (Å²) >= 11 is 5.77. The average molecular weight is 1530 g/mol. The fourth-order valence-corrected chi connectivity index (χ4v) is 11.3. The number of anilines is 2. The van der Waals surface area contributed by atoms with Crippen molar-refractivity contribution in [3.05, 3.63) is 166 Å². The lowest BCUT2D eigenvalue weighted by atomic mass is 9.94. The van der Waals surface area contributed by atoms with Crippen LogP contribution in [0, 0.1) is 25.7 Å². The number of hydrogen-bond acceptors (Lipinski definition) is 29. The highest BCUT2D eigenvalue weighted by Crippen LogP contribution is 2.33. The van der Waals surface area contributed by atoms with Gasteiger partial charge < -0.3 is 85.8 Å². The monoisotopic (exact) mass is 1520 g/mol. The summed E-state index contributed by atoms with van der Waals surface area (Å²) in [4.78, 5) is 37.5. The van der Waals surface area contributed by atoms with E-state index in [1.165, 1.54) is 76.0 Å². The van der Waals surface area contributed by atoms with Crippen LogP contribution in [0.2, 0.25) is 0 Å². The first-order chi connectivity index (χ1) is 52.9. The lowest BCUT2D eigenvalue weighted by Gasteiger charge is -2.32. The molecule has 6 aromatic carbocycles. The highest BCUT2D eigenvalue weighted by Gasteiger charge is 2.23. The number of ether oxygens (including phenoxy) is 9. The quantitative estimate of drug-likeness (QED) is 0.0179. The Hall–Kier alpha value is -12.3. The minimum absolute atomic E-state index is 0.0108. The Morgan fingerprint density at radius 2 is 0.917 bits per heavy atom. The molecule has 0 saturated carbocycles. The second kappa shape index (κ2) is 42.2. The summed E-state index contributed by atoms with van der Waals surface area (Å²) in [6.07, 6.45) is 6.95. The van der Waals surface area contributed by atoms with Crippen molar-refractivity contribution >= 4 is 79.0 Å². The number of phenolic OH excluding ortho intramolecular Hbond substituents is 3. The van der Waals surface area contributed by atoms with Gasteiger partial charge in [0.25, 0.3) is 29.1 Å². The van der Waals surface area contributed by atoms with Gasteiger partial charge in [-0.2, -0.15) is 15.4 Å². The van der Waals surface area contributed by atoms with Gasteiger partial charge in [-0.15, -0.1) is 21.8 Å². The highest BCUT2D eigenvalue weighted by molar-refractivity contribution is 6.17. The smallest absolute Gasteiger partial charge is 0.341 e. The van der Waals surface area contributed by atoms with Crippen LogP contribution in [0.5, 0.6) is 63.6 Å². The molecule has 1 amide bonds. The number of rotatable bonds is 20. The maximum absolute atomic E-state index is 11.0. The summed E-state index contributed by atoms with van der Waals surface area (Å²) in [5, 5.41) is 69.6. The number of aromatic nitrogens is 8. The van der Waals surface area contributed by atoms with Gasteiger partial charge in [0.1, 0.15) is 51.6 Å². The topological polar surface area (TPSA) is 392 Å². The highest BCUT2D eigenvalue weighted by atomic mass is 35.5. The van der Waals surface area contributed by atoms with Crippen molar-refractivity contribution in [2.24, 2.45) is 11.8 Å². The van der Waals surface area contributed by atoms with Crippen LogP contribution in [-0.2, 0) is 4.74 Å². The lowest BCUT2D eigenvalue weighted by Crippen LogP contribution is -2.34. The zero-order valence-corrected chi connectivity index (χ0v) is 62.9. The van der Waals surface area contributed by atoms with Crippen LogP contribution in [0.4, 0.5) is 11.6 Å². The molecule has 8 heterocycles. The van der Waals surface area contributed by atoms with E-state index in [0.717, 1.165) is 114 Å². The molecular weight excluding hydrogens is 1430 g/mol. The van der Waals surface area contributed by atoms with Gasteiger partial charge in [-0.25, -0.2) is 10.3 Å². The number of nitrogens with zero attached hydrogens (tertiary/aromatic N) is 9. The summed E-state index contributed by atoms with van der Waals surface area (Å²) in [6.45, 7) is 16.2. The number of esters is 1. The maximum atomic E-state index is 11.0. The third kappa shape index (κ3) is 23.9. The molecule has 109 heavy (non-hydrogen) atoms. The Labute approximate surface area is 632 Å². The van der Waals surface area contributed by atoms with Crippen LogP contribution < -0.4 is 58.7 Å². The van der Waals surface area contributed by atoms with E-state index in [-0.39, 0.29) is 33.9 Å². The van der Waals surface area contributed by atoms with Gasteiger partial charge in [0.15, 0.2) is 34.0 Å². The first kappa shape index (κ1) is 82.4. The number of piperidine rings is 2. The van der Waals surface area contributed by atoms with Crippen molar-refractivity contribution in [2.45, 2.75) is 73.1 Å². The normalized spacial score (nSPS) is 12.5. The molecule has 6 aromatic heterocycles. The Balaban J connectivity index is 0.000000164. The SMILES string of the molecule is CCOc1noc2cc(O)ccc12.CCOc1noc2cc(OC)ccc12.CCOc1noc2cc(OCCC3CCN(c4ccc(C)nn4)CC3)ccc12.COC(=O)c1ccc(OC)cc1O.COc1ccc(C(=O)NO)c(O)c1.COc1ccc2c(=O)[nH]oc2c1.Cc1ccc(N2CCC(CCCl)CC2)nn1. The standard InChI is InChI=1S/C21H26N4O3.C12H18ClN3.C10H11NO3.C9H9NO3.C9H10O4.C8H9NO4.C8H7NO3/c1-3-26-21-18-6-5-17(14-19(18)28-24-21)27-13-10-16-8-11-25(12-9-16)20-7-4-15(2)22-23-20;1-10-2-3-12(15-14-10)16-8-5-11(4-7-13)6-9-16;1-3-13-10-8-5-4-7(12-2)6-9(8)14-11-10;1-2-12-9-7-4-3-6(11)5-8(7)13-10-9;1-12-6-3-4-7(8(10)5-6)9(11)13-2;1-13-5-2-3-6(7(10)4-5)8(11)9-12;1-11-5-2-3-6-7(4-5)12-9-8(6)10/h4-7,14,16H,3,8-13H2,1-2H3;2-3,11H,4-9H2,1H3;4-6H,3H2,1-2H3;3-5,11H,2H2,1H3;3-5,10H,1-2H3;2-4,10,12H,1H3,(H,9,11);2-4H,1H3,(H,9,10). The molecule has 0 spiro atoms. The zero-order chi connectivity index (χ0) is 78.2. The van der Waals surface area contributed by atoms with E-state index in [9.17, 15) is 24.6 Å². The van der Waals surface area contributed by atoms with Gasteiger partial charge >= 0.3 is 5.97 Å². The Morgan fingerprint density at radius 1 is 0.505 bits per heavy atom. The summed E-state index contributed by atoms with van der Waals surface area (Å²) in [7, 11) is 7.35. The number of methoxy groups -OCH3 is 5. The van der Waals surface area contributed by atoms with E-state index in [2.05, 4.69) is 67.7 Å². The molecule has 0 atom stereocenters. The molecule has 31 nitrogen and oxygen atoms in total. The van der Waals surface area contributed by atoms with Gasteiger partial charge in [-0.3, -0.25) is 14.8 Å². The summed E-state index contributed by atoms with van der Waals surface area (Å²) in [6, 6.07) is 37.8. The summed E-state index contributed by atoms with van der Waals surface area (Å²) in [5.74, 6) is 7.37. The number of phenols is 3. The average Bonchev–Trinajstić information content (AvgIpc) is 1.74. The summed E-state index contributed by atoms with van der Waals surface area (Å²) in [5.41, 5.74) is 5.65. The molecule has 0 radical (unpaired) electrons. The van der Waals surface area contributed by atoms with E-state index in [1.807, 2.05) is 77.1 Å². The van der Waals surface area contributed by atoms with E-state index < -0.39 is 11.9 Å². The molecule has 580 valence electrons. The Kier molecular flexibility index (Phi) is 31.9. The number of aromatic hydroxyl groups is 3. The molecule has 2 saturated heterocycles. The first-order valence-corrected chi connectivity index (χ1v) is 35.4. The Morgan fingerprint density at radius 3 is 1.35 bits per heavy atom. The maximum Gasteiger partial charge on any atom is 0.341 e. The van der Waals surface area contributed by atoms with E-state index in [0.29, 0.717) is 95.0 Å². The van der Waals surface area contributed by atoms with Crippen molar-refractivity contribution in [3.63, 3.8) is 0 Å². The van der Waals surface area contributed by atoms with E-state index in [4.69, 9.17) is 77.9 Å². The minimum atomic E-state index is -0.764. The molecule has 2 aliphatic heterocycles. The van der Waals surface area contributed by atoms with Gasteiger partial charge in [-0.05, 0) is 198 Å². The number of aromatic amines is 1. The number of hydroxylamine groups is 1. The molecular formula is C77H90ClN11O20. The number of alkyl halides is 1. The lowest BCUT2D eigenvalue weighted by molar-refractivity contribution is 0.0596. The molecule has 0 unspecified atom stereocenters. The van der Waals surface area contributed by atoms with Gasteiger partial charge in [0, 0.05) is 68.5 Å². The van der Waals surface area contributed by atoms with Crippen LogP contribution in [0.25, 0.3) is 43.9 Å². The first-order valence-electron chi connectivity index (χ1n) is 34.9. The fraction of sp³-hybridized carbons (Fsp3) is 0.351. The molecule has 0 aliphatic carbocycles. The van der Waals surface area contributed by atoms with Crippen molar-refractivity contribution in [1.82, 2.24) is 46.5 Å². The van der Waals surface area contributed by atoms with Crippen molar-refractivity contribution in [3.8, 4) is 63.6 Å². The predicted molar refractivity (Wildman–Crippen MR) is 406 cm³/mol. The number of aryl methyl sites for hydroxylation is 2. The second-order valence-corrected chi connectivity index (χ2v) is 24.5. The largest absolute Gasteiger partial charge is 0.508 e. The predicted octanol–water partition coefficient (Wildman–Crippen LogP) is 13.6. The van der Waals surface area contributed by atoms with Crippen molar-refractivity contribution in [2.75, 3.05) is 104 Å². The third-order valence-electron chi connectivity index (χ3n) is 16.9. The van der Waals surface area contributed by atoms with Crippen LogP contribution in [0.15, 0.2) is 156 Å². The molecule has 0 bridgehead atoms. The Bertz CT molecular complexity index is 4780. The third-order valence-corrected chi connectivity index (χ3v) is 17.1. The van der Waals surface area contributed by atoms with E-state index >= 15 is 0 Å². The number of amides is 1. The number of benzene rings is 6. The number of hydrogen-bond donors (Lipinski definition) is 6. The molecule has 12 aromatic rings. The number of H-pyrrole nitrogens is 1. The molecule has 2 aliphatic rings. The number of carbonyl (C=O) groups excluding carboxylic acids is 2.